The number of urea groups is 1. The van der Waals surface area contributed by atoms with Crippen LogP contribution in [0.1, 0.15) is 5.69 Å². The monoisotopic (exact) mass is 298 g/mol. The summed E-state index contributed by atoms with van der Waals surface area (Å²) < 4.78 is 0. The quantitative estimate of drug-likeness (QED) is 0.922. The van der Waals surface area contributed by atoms with Crippen LogP contribution < -0.4 is 5.32 Å². The van der Waals surface area contributed by atoms with Gasteiger partial charge >= 0.3 is 6.03 Å². The molecule has 0 spiro atoms. The van der Waals surface area contributed by atoms with E-state index in [9.17, 15) is 4.79 Å². The minimum Gasteiger partial charge on any atom is -0.322 e. The van der Waals surface area contributed by atoms with Crippen molar-refractivity contribution in [3.05, 3.63) is 48.4 Å². The van der Waals surface area contributed by atoms with Crippen molar-refractivity contribution in [3.8, 4) is 0 Å². The second kappa shape index (κ2) is 6.95. The SMILES string of the molecule is O=C(Nc1cccnn1)N1CCN(Cc2ccccn2)CC1. The van der Waals surface area contributed by atoms with Gasteiger partial charge in [-0.3, -0.25) is 15.2 Å². The molecule has 22 heavy (non-hydrogen) atoms. The summed E-state index contributed by atoms with van der Waals surface area (Å²) in [5.41, 5.74) is 1.06. The van der Waals surface area contributed by atoms with Crippen LogP contribution in [0.25, 0.3) is 0 Å². The van der Waals surface area contributed by atoms with Gasteiger partial charge in [0, 0.05) is 45.1 Å². The maximum absolute atomic E-state index is 12.1. The predicted molar refractivity (Wildman–Crippen MR) is 82.1 cm³/mol. The van der Waals surface area contributed by atoms with E-state index in [0.717, 1.165) is 25.3 Å². The Kier molecular flexibility index (Phi) is 4.55. The van der Waals surface area contributed by atoms with E-state index in [1.807, 2.05) is 18.2 Å². The van der Waals surface area contributed by atoms with E-state index in [1.54, 1.807) is 29.4 Å². The Labute approximate surface area is 129 Å². The first kappa shape index (κ1) is 14.4. The van der Waals surface area contributed by atoms with Gasteiger partial charge in [0.2, 0.25) is 0 Å². The van der Waals surface area contributed by atoms with Crippen molar-refractivity contribution in [1.29, 1.82) is 0 Å². The lowest BCUT2D eigenvalue weighted by Gasteiger charge is -2.34. The van der Waals surface area contributed by atoms with Gasteiger partial charge in [-0.15, -0.1) is 5.10 Å². The highest BCUT2D eigenvalue weighted by molar-refractivity contribution is 5.88. The Bertz CT molecular complexity index is 598. The molecule has 7 heteroatoms. The minimum absolute atomic E-state index is 0.127. The number of nitrogens with zero attached hydrogens (tertiary/aromatic N) is 5. The van der Waals surface area contributed by atoms with Crippen LogP contribution in [0.4, 0.5) is 10.6 Å². The van der Waals surface area contributed by atoms with E-state index in [2.05, 4.69) is 25.4 Å². The fourth-order valence-electron chi connectivity index (χ4n) is 2.39. The summed E-state index contributed by atoms with van der Waals surface area (Å²) in [5, 5.41) is 10.4. The normalized spacial score (nSPS) is 15.5. The van der Waals surface area contributed by atoms with E-state index in [-0.39, 0.29) is 6.03 Å². The first-order chi connectivity index (χ1) is 10.8. The van der Waals surface area contributed by atoms with Crippen molar-refractivity contribution >= 4 is 11.8 Å². The molecule has 2 aromatic rings. The van der Waals surface area contributed by atoms with Crippen LogP contribution in [0.15, 0.2) is 42.7 Å². The van der Waals surface area contributed by atoms with Gasteiger partial charge < -0.3 is 4.90 Å². The first-order valence-electron chi connectivity index (χ1n) is 7.27. The second-order valence-electron chi connectivity index (χ2n) is 5.12. The third kappa shape index (κ3) is 3.76. The summed E-state index contributed by atoms with van der Waals surface area (Å²) in [5.74, 6) is 0.475. The molecule has 2 amide bonds. The van der Waals surface area contributed by atoms with Crippen LogP contribution in [0, 0.1) is 0 Å². The number of hydrogen-bond donors (Lipinski definition) is 1. The fraction of sp³-hybridized carbons (Fsp3) is 0.333. The van der Waals surface area contributed by atoms with Crippen molar-refractivity contribution in [3.63, 3.8) is 0 Å². The third-order valence-corrected chi connectivity index (χ3v) is 3.58. The van der Waals surface area contributed by atoms with Gasteiger partial charge in [0.1, 0.15) is 0 Å². The second-order valence-corrected chi connectivity index (χ2v) is 5.12. The molecule has 2 aromatic heterocycles. The van der Waals surface area contributed by atoms with E-state index >= 15 is 0 Å². The van der Waals surface area contributed by atoms with Gasteiger partial charge in [-0.05, 0) is 24.3 Å². The number of carbonyl (C=O) groups excluding carboxylic acids is 1. The molecule has 1 aliphatic rings. The van der Waals surface area contributed by atoms with Crippen LogP contribution in [0.3, 0.4) is 0 Å². The largest absolute Gasteiger partial charge is 0.323 e. The van der Waals surface area contributed by atoms with Crippen LogP contribution in [0.5, 0.6) is 0 Å². The summed E-state index contributed by atoms with van der Waals surface area (Å²) in [7, 11) is 0. The van der Waals surface area contributed by atoms with Gasteiger partial charge in [-0.1, -0.05) is 6.07 Å². The number of nitrogens with one attached hydrogen (secondary N) is 1. The Hall–Kier alpha value is -2.54. The van der Waals surface area contributed by atoms with Gasteiger partial charge in [0.15, 0.2) is 5.82 Å². The van der Waals surface area contributed by atoms with Gasteiger partial charge in [-0.2, -0.15) is 5.10 Å². The van der Waals surface area contributed by atoms with E-state index in [4.69, 9.17) is 0 Å². The molecule has 1 saturated heterocycles. The third-order valence-electron chi connectivity index (χ3n) is 3.58. The molecule has 3 rings (SSSR count). The highest BCUT2D eigenvalue weighted by atomic mass is 16.2. The molecular weight excluding hydrogens is 280 g/mol. The minimum atomic E-state index is -0.127. The molecule has 1 N–H and O–H groups in total. The lowest BCUT2D eigenvalue weighted by Crippen LogP contribution is -2.49. The zero-order chi connectivity index (χ0) is 15.2. The Morgan fingerprint density at radius 2 is 1.95 bits per heavy atom. The van der Waals surface area contributed by atoms with Gasteiger partial charge in [-0.25, -0.2) is 4.79 Å². The van der Waals surface area contributed by atoms with E-state index in [1.165, 1.54) is 0 Å². The Balaban J connectivity index is 1.48. The van der Waals surface area contributed by atoms with Crippen molar-refractivity contribution < 1.29 is 4.79 Å². The number of hydrogen-bond acceptors (Lipinski definition) is 5. The molecule has 7 nitrogen and oxygen atoms in total. The molecule has 0 atom stereocenters. The smallest absolute Gasteiger partial charge is 0.322 e. The molecular formula is C15H18N6O. The standard InChI is InChI=1S/C15H18N6O/c22-15(18-14-5-3-7-17-19-14)21-10-8-20(9-11-21)12-13-4-1-2-6-16-13/h1-7H,8-12H2,(H,18,19,22). The number of piperazine rings is 1. The van der Waals surface area contributed by atoms with Crippen molar-refractivity contribution in [2.45, 2.75) is 6.54 Å². The summed E-state index contributed by atoms with van der Waals surface area (Å²) in [6.45, 7) is 3.88. The Morgan fingerprint density at radius 3 is 2.64 bits per heavy atom. The summed E-state index contributed by atoms with van der Waals surface area (Å²) in [6, 6.07) is 9.27. The summed E-state index contributed by atoms with van der Waals surface area (Å²) in [4.78, 5) is 20.6. The maximum Gasteiger partial charge on any atom is 0.323 e. The van der Waals surface area contributed by atoms with Crippen LogP contribution in [-0.2, 0) is 6.54 Å². The number of aromatic nitrogens is 3. The molecule has 0 bridgehead atoms. The number of anilines is 1. The molecule has 1 aliphatic heterocycles. The number of carbonyl (C=O) groups is 1. The van der Waals surface area contributed by atoms with E-state index in [0.29, 0.717) is 18.9 Å². The van der Waals surface area contributed by atoms with Crippen LogP contribution in [0.2, 0.25) is 0 Å². The molecule has 1 fully saturated rings. The van der Waals surface area contributed by atoms with Crippen LogP contribution >= 0.6 is 0 Å². The molecule has 0 unspecified atom stereocenters. The number of rotatable bonds is 3. The van der Waals surface area contributed by atoms with Crippen molar-refractivity contribution in [2.75, 3.05) is 31.5 Å². The first-order valence-corrected chi connectivity index (χ1v) is 7.27. The maximum atomic E-state index is 12.1. The van der Waals surface area contributed by atoms with E-state index < -0.39 is 0 Å². The average Bonchev–Trinajstić information content (AvgIpc) is 2.57. The topological polar surface area (TPSA) is 74.2 Å². The Morgan fingerprint density at radius 1 is 1.09 bits per heavy atom. The zero-order valence-corrected chi connectivity index (χ0v) is 12.2. The number of pyridine rings is 1. The highest BCUT2D eigenvalue weighted by Crippen LogP contribution is 2.08. The lowest BCUT2D eigenvalue weighted by atomic mass is 10.3. The number of amides is 2. The average molecular weight is 298 g/mol. The molecule has 0 aliphatic carbocycles. The predicted octanol–water partition coefficient (Wildman–Crippen LogP) is 1.22. The lowest BCUT2D eigenvalue weighted by molar-refractivity contribution is 0.142. The fourth-order valence-corrected chi connectivity index (χ4v) is 2.39. The molecule has 0 aromatic carbocycles. The van der Waals surface area contributed by atoms with Gasteiger partial charge in [0.05, 0.1) is 5.69 Å². The summed E-state index contributed by atoms with van der Waals surface area (Å²) >= 11 is 0. The van der Waals surface area contributed by atoms with Crippen molar-refractivity contribution in [1.82, 2.24) is 25.0 Å². The molecule has 3 heterocycles. The molecule has 0 saturated carbocycles. The van der Waals surface area contributed by atoms with Crippen molar-refractivity contribution in [2.24, 2.45) is 0 Å². The highest BCUT2D eigenvalue weighted by Gasteiger charge is 2.21. The molecule has 0 radical (unpaired) electrons. The molecule has 114 valence electrons. The van der Waals surface area contributed by atoms with Gasteiger partial charge in [0.25, 0.3) is 0 Å². The zero-order valence-electron chi connectivity index (χ0n) is 12.2. The van der Waals surface area contributed by atoms with Crippen LogP contribution in [-0.4, -0.2) is 57.2 Å². The summed E-state index contributed by atoms with van der Waals surface area (Å²) in [6.07, 6.45) is 3.38.